The van der Waals surface area contributed by atoms with Gasteiger partial charge in [0.05, 0.1) is 6.04 Å². The number of fused-ring (bicyclic) bond motifs is 1. The molecule has 2 fully saturated rings. The number of amides is 1. The maximum atomic E-state index is 11.8. The van der Waals surface area contributed by atoms with E-state index in [1.54, 1.807) is 0 Å². The van der Waals surface area contributed by atoms with Gasteiger partial charge in [-0.05, 0) is 37.0 Å². The van der Waals surface area contributed by atoms with Crippen molar-refractivity contribution in [2.45, 2.75) is 18.9 Å². The van der Waals surface area contributed by atoms with E-state index in [1.807, 2.05) is 31.4 Å². The van der Waals surface area contributed by atoms with Gasteiger partial charge in [-0.15, -0.1) is 0 Å². The summed E-state index contributed by atoms with van der Waals surface area (Å²) < 4.78 is 2.05. The van der Waals surface area contributed by atoms with E-state index in [0.717, 1.165) is 29.1 Å². The molecule has 0 bridgehead atoms. The maximum Gasteiger partial charge on any atom is 0.254 e. The van der Waals surface area contributed by atoms with Gasteiger partial charge in [-0.2, -0.15) is 4.98 Å². The van der Waals surface area contributed by atoms with Crippen molar-refractivity contribution in [1.82, 2.24) is 14.5 Å². The van der Waals surface area contributed by atoms with Crippen molar-refractivity contribution < 1.29 is 4.79 Å². The molecule has 1 aromatic carbocycles. The zero-order valence-electron chi connectivity index (χ0n) is 14.5. The zero-order valence-corrected chi connectivity index (χ0v) is 14.5. The molecule has 2 aliphatic rings. The van der Waals surface area contributed by atoms with Crippen LogP contribution in [0.4, 0.5) is 17.5 Å². The minimum Gasteiger partial charge on any atom is -0.365 e. The van der Waals surface area contributed by atoms with Crippen LogP contribution < -0.4 is 16.0 Å². The van der Waals surface area contributed by atoms with Crippen molar-refractivity contribution in [1.29, 1.82) is 0 Å². The number of carbonyl (C=O) groups is 1. The zero-order chi connectivity index (χ0) is 17.8. The second-order valence-corrected chi connectivity index (χ2v) is 7.14. The highest BCUT2D eigenvalue weighted by molar-refractivity contribution is 6.00. The molecular formula is C19H20N6O. The summed E-state index contributed by atoms with van der Waals surface area (Å²) in [5.74, 6) is 1.36. The van der Waals surface area contributed by atoms with Crippen LogP contribution >= 0.6 is 0 Å². The second kappa shape index (κ2) is 5.45. The molecule has 1 amide bonds. The molecule has 3 N–H and O–H groups in total. The van der Waals surface area contributed by atoms with Crippen LogP contribution in [0.25, 0.3) is 10.9 Å². The molecule has 1 atom stereocenters. The van der Waals surface area contributed by atoms with Crippen molar-refractivity contribution >= 4 is 34.3 Å². The normalized spacial score (nSPS) is 19.0. The predicted molar refractivity (Wildman–Crippen MR) is 101 cm³/mol. The monoisotopic (exact) mass is 348 g/mol. The molecule has 0 radical (unpaired) electrons. The van der Waals surface area contributed by atoms with E-state index in [0.29, 0.717) is 23.4 Å². The number of aryl methyl sites for hydroxylation is 1. The van der Waals surface area contributed by atoms with Crippen LogP contribution in [0, 0.1) is 5.92 Å². The number of nitrogens with one attached hydrogen (secondary N) is 1. The standard InChI is InChI=1S/C19H20N6O/c1-24-8-7-12-14(3-2-4-15(12)24)22-18-13(17(20)26)9-21-19(23-18)25-10-16(25)11-5-6-11/h2-4,7-9,11,16H,5-6,10H2,1H3,(H2,20,26)(H,21,22,23). The predicted octanol–water partition coefficient (Wildman–Crippen LogP) is 2.41. The van der Waals surface area contributed by atoms with Crippen molar-refractivity contribution in [3.8, 4) is 0 Å². The van der Waals surface area contributed by atoms with Gasteiger partial charge >= 0.3 is 0 Å². The number of hydrogen-bond acceptors (Lipinski definition) is 5. The molecular weight excluding hydrogens is 328 g/mol. The van der Waals surface area contributed by atoms with Crippen molar-refractivity contribution in [2.24, 2.45) is 18.7 Å². The van der Waals surface area contributed by atoms with E-state index in [9.17, 15) is 4.79 Å². The van der Waals surface area contributed by atoms with Gasteiger partial charge < -0.3 is 20.5 Å². The summed E-state index contributed by atoms with van der Waals surface area (Å²) in [5.41, 5.74) is 7.82. The fourth-order valence-electron chi connectivity index (χ4n) is 3.59. The summed E-state index contributed by atoms with van der Waals surface area (Å²) in [6.45, 7) is 0.994. The van der Waals surface area contributed by atoms with Crippen LogP contribution in [0.5, 0.6) is 0 Å². The summed E-state index contributed by atoms with van der Waals surface area (Å²) in [6.07, 6.45) is 6.12. The Morgan fingerprint density at radius 3 is 2.92 bits per heavy atom. The first-order chi connectivity index (χ1) is 12.6. The molecule has 1 saturated carbocycles. The van der Waals surface area contributed by atoms with E-state index >= 15 is 0 Å². The lowest BCUT2D eigenvalue weighted by atomic mass is 10.2. The lowest BCUT2D eigenvalue weighted by Crippen LogP contribution is -2.16. The minimum absolute atomic E-state index is 0.298. The van der Waals surface area contributed by atoms with Gasteiger partial charge in [0.25, 0.3) is 5.91 Å². The molecule has 26 heavy (non-hydrogen) atoms. The van der Waals surface area contributed by atoms with Gasteiger partial charge in [0.2, 0.25) is 5.95 Å². The average molecular weight is 348 g/mol. The number of aromatic nitrogens is 3. The van der Waals surface area contributed by atoms with Crippen LogP contribution in [-0.2, 0) is 7.05 Å². The minimum atomic E-state index is -0.538. The van der Waals surface area contributed by atoms with Crippen LogP contribution in [0.3, 0.4) is 0 Å². The Hall–Kier alpha value is -3.09. The summed E-state index contributed by atoms with van der Waals surface area (Å²) >= 11 is 0. The number of rotatable bonds is 5. The number of nitrogens with two attached hydrogens (primary N) is 1. The third kappa shape index (κ3) is 2.47. The van der Waals surface area contributed by atoms with E-state index in [-0.39, 0.29) is 0 Å². The first kappa shape index (κ1) is 15.2. The van der Waals surface area contributed by atoms with E-state index in [4.69, 9.17) is 5.73 Å². The maximum absolute atomic E-state index is 11.8. The Morgan fingerprint density at radius 2 is 2.15 bits per heavy atom. The summed E-state index contributed by atoms with van der Waals surface area (Å²) in [4.78, 5) is 23.0. The van der Waals surface area contributed by atoms with Crippen LogP contribution in [0.2, 0.25) is 0 Å². The molecule has 132 valence electrons. The molecule has 1 aliphatic heterocycles. The fourth-order valence-corrected chi connectivity index (χ4v) is 3.59. The Balaban J connectivity index is 1.52. The molecule has 2 aromatic heterocycles. The largest absolute Gasteiger partial charge is 0.365 e. The molecule has 0 spiro atoms. The fraction of sp³-hybridized carbons (Fsp3) is 0.316. The number of nitrogens with zero attached hydrogens (tertiary/aromatic N) is 4. The Bertz CT molecular complexity index is 1020. The number of benzene rings is 1. The van der Waals surface area contributed by atoms with Gasteiger partial charge in [0.15, 0.2) is 0 Å². The molecule has 1 aliphatic carbocycles. The van der Waals surface area contributed by atoms with Crippen molar-refractivity contribution in [2.75, 3.05) is 16.8 Å². The molecule has 3 aromatic rings. The first-order valence-electron chi connectivity index (χ1n) is 8.86. The van der Waals surface area contributed by atoms with E-state index in [1.165, 1.54) is 19.0 Å². The van der Waals surface area contributed by atoms with Gasteiger partial charge in [-0.1, -0.05) is 6.07 Å². The summed E-state index contributed by atoms with van der Waals surface area (Å²) in [6, 6.07) is 8.59. The van der Waals surface area contributed by atoms with Crippen molar-refractivity contribution in [3.63, 3.8) is 0 Å². The highest BCUT2D eigenvalue weighted by Gasteiger charge is 2.47. The lowest BCUT2D eigenvalue weighted by Gasteiger charge is -2.12. The van der Waals surface area contributed by atoms with Gasteiger partial charge in [0.1, 0.15) is 11.4 Å². The van der Waals surface area contributed by atoms with E-state index in [2.05, 4.69) is 30.8 Å². The number of carbonyl (C=O) groups excluding carboxylic acids is 1. The second-order valence-electron chi connectivity index (χ2n) is 7.14. The van der Waals surface area contributed by atoms with Crippen LogP contribution in [-0.4, -0.2) is 33.0 Å². The third-order valence-electron chi connectivity index (χ3n) is 5.30. The number of primary amides is 1. The number of hydrogen-bond donors (Lipinski definition) is 2. The summed E-state index contributed by atoms with van der Waals surface area (Å²) in [5, 5.41) is 4.36. The number of anilines is 3. The topological polar surface area (TPSA) is 88.8 Å². The Labute approximate surface area is 150 Å². The molecule has 7 nitrogen and oxygen atoms in total. The Kier molecular flexibility index (Phi) is 3.19. The molecule has 7 heteroatoms. The Morgan fingerprint density at radius 1 is 1.31 bits per heavy atom. The SMILES string of the molecule is Cn1ccc2c(Nc3nc(N4CC4C4CC4)ncc3C(N)=O)cccc21. The quantitative estimate of drug-likeness (QED) is 0.691. The molecule has 3 heterocycles. The first-order valence-corrected chi connectivity index (χ1v) is 8.86. The molecule has 1 unspecified atom stereocenters. The van der Waals surface area contributed by atoms with Crippen LogP contribution in [0.1, 0.15) is 23.2 Å². The lowest BCUT2D eigenvalue weighted by molar-refractivity contribution is 0.100. The summed E-state index contributed by atoms with van der Waals surface area (Å²) in [7, 11) is 2.00. The molecule has 5 rings (SSSR count). The van der Waals surface area contributed by atoms with Gasteiger partial charge in [0, 0.05) is 42.6 Å². The molecule has 1 saturated heterocycles. The smallest absolute Gasteiger partial charge is 0.254 e. The average Bonchev–Trinajstić information content (AvgIpc) is 3.52. The van der Waals surface area contributed by atoms with Crippen LogP contribution in [0.15, 0.2) is 36.7 Å². The van der Waals surface area contributed by atoms with Gasteiger partial charge in [-0.25, -0.2) is 4.98 Å². The highest BCUT2D eigenvalue weighted by atomic mass is 16.1. The third-order valence-corrected chi connectivity index (χ3v) is 5.30. The van der Waals surface area contributed by atoms with Gasteiger partial charge in [-0.3, -0.25) is 4.79 Å². The highest BCUT2D eigenvalue weighted by Crippen LogP contribution is 2.43. The van der Waals surface area contributed by atoms with E-state index < -0.39 is 5.91 Å². The van der Waals surface area contributed by atoms with Crippen molar-refractivity contribution in [3.05, 3.63) is 42.2 Å².